The van der Waals surface area contributed by atoms with Crippen LogP contribution < -0.4 is 10.1 Å². The van der Waals surface area contributed by atoms with Gasteiger partial charge in [0.15, 0.2) is 0 Å². The van der Waals surface area contributed by atoms with E-state index in [2.05, 4.69) is 11.4 Å². The van der Waals surface area contributed by atoms with Crippen LogP contribution in [0.4, 0.5) is 11.4 Å². The number of ether oxygens (including phenoxy) is 1. The first-order valence-electron chi connectivity index (χ1n) is 5.44. The molecule has 96 valence electrons. The zero-order chi connectivity index (χ0) is 13.8. The molecule has 0 fully saturated rings. The van der Waals surface area contributed by atoms with Crippen molar-refractivity contribution in [2.45, 2.75) is 0 Å². The van der Waals surface area contributed by atoms with E-state index in [9.17, 15) is 0 Å². The minimum Gasteiger partial charge on any atom is -0.495 e. The van der Waals surface area contributed by atoms with Crippen LogP contribution in [0.3, 0.4) is 0 Å². The first kappa shape index (κ1) is 13.5. The minimum absolute atomic E-state index is 0.492. The molecule has 0 radical (unpaired) electrons. The van der Waals surface area contributed by atoms with E-state index in [1.807, 2.05) is 0 Å². The third kappa shape index (κ3) is 3.11. The topological polar surface area (TPSA) is 45.0 Å². The second kappa shape index (κ2) is 5.83. The third-order valence-electron chi connectivity index (χ3n) is 2.53. The Hall–Kier alpha value is -1.89. The molecule has 0 saturated heterocycles. The van der Waals surface area contributed by atoms with Crippen LogP contribution in [0.5, 0.6) is 5.75 Å². The van der Waals surface area contributed by atoms with Gasteiger partial charge < -0.3 is 10.1 Å². The summed E-state index contributed by atoms with van der Waals surface area (Å²) < 4.78 is 5.24. The monoisotopic (exact) mass is 292 g/mol. The van der Waals surface area contributed by atoms with Gasteiger partial charge in [-0.2, -0.15) is 5.26 Å². The molecule has 0 aliphatic rings. The second-order valence-corrected chi connectivity index (χ2v) is 4.64. The number of nitrogens with one attached hydrogen (secondary N) is 1. The average molecular weight is 293 g/mol. The maximum absolute atomic E-state index is 9.08. The maximum Gasteiger partial charge on any atom is 0.142 e. The number of hydrogen-bond donors (Lipinski definition) is 1. The van der Waals surface area contributed by atoms with Gasteiger partial charge in [-0.3, -0.25) is 0 Å². The van der Waals surface area contributed by atoms with E-state index in [0.717, 1.165) is 0 Å². The quantitative estimate of drug-likeness (QED) is 0.898. The van der Waals surface area contributed by atoms with Crippen LogP contribution in [-0.4, -0.2) is 7.11 Å². The van der Waals surface area contributed by atoms with E-state index >= 15 is 0 Å². The molecule has 2 aromatic carbocycles. The van der Waals surface area contributed by atoms with Gasteiger partial charge in [-0.25, -0.2) is 0 Å². The molecule has 2 rings (SSSR count). The molecule has 0 heterocycles. The molecule has 19 heavy (non-hydrogen) atoms. The summed E-state index contributed by atoms with van der Waals surface area (Å²) >= 11 is 11.9. The standard InChI is InChI=1S/C14H10Cl2N2O/c1-19-14-5-4-11(16)7-13(14)18-12-6-10(15)3-2-9(12)8-17/h2-7,18H,1H3. The molecular formula is C14H10Cl2N2O. The van der Waals surface area contributed by atoms with Crippen molar-refractivity contribution in [2.24, 2.45) is 0 Å². The zero-order valence-electron chi connectivity index (χ0n) is 10.1. The summed E-state index contributed by atoms with van der Waals surface area (Å²) in [5.74, 6) is 0.633. The predicted molar refractivity (Wildman–Crippen MR) is 77.5 cm³/mol. The number of nitrogens with zero attached hydrogens (tertiary/aromatic N) is 1. The van der Waals surface area contributed by atoms with Gasteiger partial charge in [0.2, 0.25) is 0 Å². The highest BCUT2D eigenvalue weighted by atomic mass is 35.5. The molecule has 2 aromatic rings. The van der Waals surface area contributed by atoms with Crippen molar-refractivity contribution < 1.29 is 4.74 Å². The number of methoxy groups -OCH3 is 1. The van der Waals surface area contributed by atoms with Crippen LogP contribution in [0.25, 0.3) is 0 Å². The Balaban J connectivity index is 2.44. The zero-order valence-corrected chi connectivity index (χ0v) is 11.6. The molecule has 5 heteroatoms. The minimum atomic E-state index is 0.492. The van der Waals surface area contributed by atoms with Crippen molar-refractivity contribution in [3.05, 3.63) is 52.0 Å². The SMILES string of the molecule is COc1ccc(Cl)cc1Nc1cc(Cl)ccc1C#N. The molecule has 1 N–H and O–H groups in total. The molecule has 3 nitrogen and oxygen atoms in total. The Morgan fingerprint density at radius 3 is 2.32 bits per heavy atom. The van der Waals surface area contributed by atoms with Gasteiger partial charge in [0.1, 0.15) is 11.8 Å². The van der Waals surface area contributed by atoms with E-state index in [1.165, 1.54) is 0 Å². The van der Waals surface area contributed by atoms with Crippen LogP contribution >= 0.6 is 23.2 Å². The average Bonchev–Trinajstić information content (AvgIpc) is 2.39. The Kier molecular flexibility index (Phi) is 4.16. The van der Waals surface area contributed by atoms with Gasteiger partial charge in [-0.05, 0) is 36.4 Å². The molecular weight excluding hydrogens is 283 g/mol. The van der Waals surface area contributed by atoms with Gasteiger partial charge in [0, 0.05) is 10.0 Å². The van der Waals surface area contributed by atoms with Gasteiger partial charge in [-0.1, -0.05) is 23.2 Å². The van der Waals surface area contributed by atoms with Crippen molar-refractivity contribution in [1.82, 2.24) is 0 Å². The lowest BCUT2D eigenvalue weighted by atomic mass is 10.2. The number of nitriles is 1. The molecule has 0 saturated carbocycles. The first-order valence-corrected chi connectivity index (χ1v) is 6.20. The maximum atomic E-state index is 9.08. The van der Waals surface area contributed by atoms with Crippen LogP contribution in [0, 0.1) is 11.3 Å². The first-order chi connectivity index (χ1) is 9.13. The highest BCUT2D eigenvalue weighted by molar-refractivity contribution is 6.31. The van der Waals surface area contributed by atoms with E-state index in [4.69, 9.17) is 33.2 Å². The lowest BCUT2D eigenvalue weighted by Gasteiger charge is -2.12. The fourth-order valence-electron chi connectivity index (χ4n) is 1.64. The van der Waals surface area contributed by atoms with E-state index in [1.54, 1.807) is 43.5 Å². The summed E-state index contributed by atoms with van der Waals surface area (Å²) in [6.45, 7) is 0. The van der Waals surface area contributed by atoms with E-state index < -0.39 is 0 Å². The summed E-state index contributed by atoms with van der Waals surface area (Å²) in [6, 6.07) is 12.3. The van der Waals surface area contributed by atoms with Crippen molar-refractivity contribution >= 4 is 34.6 Å². The Morgan fingerprint density at radius 2 is 1.68 bits per heavy atom. The number of rotatable bonds is 3. The summed E-state index contributed by atoms with van der Waals surface area (Å²) in [4.78, 5) is 0. The van der Waals surface area contributed by atoms with Crippen LogP contribution in [0.2, 0.25) is 10.0 Å². The smallest absolute Gasteiger partial charge is 0.142 e. The Labute approximate surface area is 121 Å². The van der Waals surface area contributed by atoms with Crippen molar-refractivity contribution in [3.63, 3.8) is 0 Å². The highest BCUT2D eigenvalue weighted by Gasteiger charge is 2.08. The summed E-state index contributed by atoms with van der Waals surface area (Å²) in [6.07, 6.45) is 0. The molecule has 0 bridgehead atoms. The predicted octanol–water partition coefficient (Wildman–Crippen LogP) is 4.62. The van der Waals surface area contributed by atoms with Crippen molar-refractivity contribution in [2.75, 3.05) is 12.4 Å². The third-order valence-corrected chi connectivity index (χ3v) is 3.00. The van der Waals surface area contributed by atoms with E-state index in [-0.39, 0.29) is 0 Å². The number of halogens is 2. The molecule has 0 amide bonds. The van der Waals surface area contributed by atoms with Crippen LogP contribution in [-0.2, 0) is 0 Å². The molecule has 0 aliphatic carbocycles. The van der Waals surface area contributed by atoms with Gasteiger partial charge in [0.25, 0.3) is 0 Å². The summed E-state index contributed by atoms with van der Waals surface area (Å²) in [5, 5.41) is 13.3. The van der Waals surface area contributed by atoms with Crippen LogP contribution in [0.15, 0.2) is 36.4 Å². The molecule has 0 atom stereocenters. The van der Waals surface area contributed by atoms with Crippen molar-refractivity contribution in [1.29, 1.82) is 5.26 Å². The van der Waals surface area contributed by atoms with Crippen molar-refractivity contribution in [3.8, 4) is 11.8 Å². The highest BCUT2D eigenvalue weighted by Crippen LogP contribution is 2.32. The normalized spacial score (nSPS) is 9.79. The van der Waals surface area contributed by atoms with Crippen LogP contribution in [0.1, 0.15) is 5.56 Å². The molecule has 0 spiro atoms. The number of hydrogen-bond acceptors (Lipinski definition) is 3. The fraction of sp³-hybridized carbons (Fsp3) is 0.0714. The largest absolute Gasteiger partial charge is 0.495 e. The molecule has 0 aromatic heterocycles. The Morgan fingerprint density at radius 1 is 1.05 bits per heavy atom. The lowest BCUT2D eigenvalue weighted by Crippen LogP contribution is -1.96. The molecule has 0 aliphatic heterocycles. The van der Waals surface area contributed by atoms with E-state index in [0.29, 0.717) is 32.7 Å². The second-order valence-electron chi connectivity index (χ2n) is 3.77. The summed E-state index contributed by atoms with van der Waals surface area (Å²) in [7, 11) is 1.57. The fourth-order valence-corrected chi connectivity index (χ4v) is 1.98. The number of benzene rings is 2. The van der Waals surface area contributed by atoms with Gasteiger partial charge >= 0.3 is 0 Å². The number of anilines is 2. The van der Waals surface area contributed by atoms with Gasteiger partial charge in [-0.15, -0.1) is 0 Å². The lowest BCUT2D eigenvalue weighted by molar-refractivity contribution is 0.417. The Bertz CT molecular complexity index is 650. The van der Waals surface area contributed by atoms with Gasteiger partial charge in [0.05, 0.1) is 24.0 Å². The summed E-state index contributed by atoms with van der Waals surface area (Å²) in [5.41, 5.74) is 1.77. The molecule has 0 unspecified atom stereocenters.